The van der Waals surface area contributed by atoms with Gasteiger partial charge in [-0.05, 0) is 63.8 Å². The van der Waals surface area contributed by atoms with Gasteiger partial charge in [0.2, 0.25) is 0 Å². The standard InChI is InChI=1S/C17H27FN2/c1-13(2)20(12-14-7-8-14)10-9-17(19-3)15-5-4-6-16(18)11-15/h4-6,11,13-14,17,19H,7-10,12H2,1-3H3. The highest BCUT2D eigenvalue weighted by molar-refractivity contribution is 5.20. The molecule has 1 N–H and O–H groups in total. The first kappa shape index (κ1) is 15.5. The van der Waals surface area contributed by atoms with Crippen molar-refractivity contribution in [2.75, 3.05) is 20.1 Å². The minimum absolute atomic E-state index is 0.151. The molecule has 0 bridgehead atoms. The van der Waals surface area contributed by atoms with E-state index in [4.69, 9.17) is 0 Å². The molecule has 1 aliphatic carbocycles. The molecule has 0 heterocycles. The minimum Gasteiger partial charge on any atom is -0.313 e. The van der Waals surface area contributed by atoms with Crippen LogP contribution in [0.4, 0.5) is 4.39 Å². The summed E-state index contributed by atoms with van der Waals surface area (Å²) in [6, 6.07) is 7.75. The maximum Gasteiger partial charge on any atom is 0.123 e. The van der Waals surface area contributed by atoms with Crippen molar-refractivity contribution in [1.29, 1.82) is 0 Å². The molecule has 0 aromatic heterocycles. The van der Waals surface area contributed by atoms with Gasteiger partial charge in [0.25, 0.3) is 0 Å². The quantitative estimate of drug-likeness (QED) is 0.781. The van der Waals surface area contributed by atoms with E-state index < -0.39 is 0 Å². The van der Waals surface area contributed by atoms with Crippen LogP contribution in [0.1, 0.15) is 44.7 Å². The van der Waals surface area contributed by atoms with Crippen molar-refractivity contribution < 1.29 is 4.39 Å². The van der Waals surface area contributed by atoms with E-state index in [-0.39, 0.29) is 11.9 Å². The van der Waals surface area contributed by atoms with E-state index in [1.807, 2.05) is 13.1 Å². The highest BCUT2D eigenvalue weighted by Crippen LogP contribution is 2.30. The number of nitrogens with one attached hydrogen (secondary N) is 1. The van der Waals surface area contributed by atoms with Crippen molar-refractivity contribution in [2.45, 2.75) is 45.2 Å². The maximum atomic E-state index is 13.3. The highest BCUT2D eigenvalue weighted by atomic mass is 19.1. The third-order valence-electron chi connectivity index (χ3n) is 4.22. The van der Waals surface area contributed by atoms with Crippen LogP contribution in [-0.4, -0.2) is 31.1 Å². The van der Waals surface area contributed by atoms with Crippen LogP contribution < -0.4 is 5.32 Å². The van der Waals surface area contributed by atoms with Crippen molar-refractivity contribution >= 4 is 0 Å². The van der Waals surface area contributed by atoms with Crippen molar-refractivity contribution in [3.05, 3.63) is 35.6 Å². The number of hydrogen-bond acceptors (Lipinski definition) is 2. The van der Waals surface area contributed by atoms with Crippen LogP contribution in [0.2, 0.25) is 0 Å². The zero-order valence-electron chi connectivity index (χ0n) is 12.9. The second-order valence-electron chi connectivity index (χ2n) is 6.22. The van der Waals surface area contributed by atoms with E-state index in [0.29, 0.717) is 6.04 Å². The molecule has 1 fully saturated rings. The van der Waals surface area contributed by atoms with Crippen LogP contribution in [0.25, 0.3) is 0 Å². The van der Waals surface area contributed by atoms with Crippen LogP contribution in [-0.2, 0) is 0 Å². The van der Waals surface area contributed by atoms with E-state index in [2.05, 4.69) is 24.1 Å². The topological polar surface area (TPSA) is 15.3 Å². The van der Waals surface area contributed by atoms with Crippen molar-refractivity contribution in [3.63, 3.8) is 0 Å². The Morgan fingerprint density at radius 3 is 2.65 bits per heavy atom. The first-order valence-corrected chi connectivity index (χ1v) is 7.77. The van der Waals surface area contributed by atoms with Crippen molar-refractivity contribution in [1.82, 2.24) is 10.2 Å². The molecule has 0 saturated heterocycles. The molecule has 20 heavy (non-hydrogen) atoms. The number of rotatable bonds is 8. The molecular weight excluding hydrogens is 251 g/mol. The van der Waals surface area contributed by atoms with Gasteiger partial charge in [0.15, 0.2) is 0 Å². The Bertz CT molecular complexity index is 415. The van der Waals surface area contributed by atoms with Gasteiger partial charge in [-0.25, -0.2) is 4.39 Å². The Kier molecular flexibility index (Phi) is 5.55. The maximum absolute atomic E-state index is 13.3. The van der Waals surface area contributed by atoms with Crippen molar-refractivity contribution in [3.8, 4) is 0 Å². The summed E-state index contributed by atoms with van der Waals surface area (Å²) < 4.78 is 13.3. The molecule has 0 spiro atoms. The molecule has 1 unspecified atom stereocenters. The molecule has 3 heteroatoms. The zero-order valence-corrected chi connectivity index (χ0v) is 12.9. The number of benzene rings is 1. The lowest BCUT2D eigenvalue weighted by Crippen LogP contribution is -2.35. The Labute approximate surface area is 122 Å². The number of halogens is 1. The fourth-order valence-corrected chi connectivity index (χ4v) is 2.69. The fraction of sp³-hybridized carbons (Fsp3) is 0.647. The van der Waals surface area contributed by atoms with Crippen LogP contribution >= 0.6 is 0 Å². The predicted molar refractivity (Wildman–Crippen MR) is 82.3 cm³/mol. The summed E-state index contributed by atoms with van der Waals surface area (Å²) in [5.41, 5.74) is 1.04. The van der Waals surface area contributed by atoms with E-state index in [9.17, 15) is 4.39 Å². The average Bonchev–Trinajstić information content (AvgIpc) is 3.22. The molecule has 112 valence electrons. The van der Waals surface area contributed by atoms with Gasteiger partial charge in [0, 0.05) is 25.2 Å². The van der Waals surface area contributed by atoms with Gasteiger partial charge >= 0.3 is 0 Å². The lowest BCUT2D eigenvalue weighted by atomic mass is 10.0. The number of nitrogens with zero attached hydrogens (tertiary/aromatic N) is 1. The van der Waals surface area contributed by atoms with E-state index >= 15 is 0 Å². The SMILES string of the molecule is CNC(CCN(CC1CC1)C(C)C)c1cccc(F)c1. The third kappa shape index (κ3) is 4.57. The van der Waals surface area contributed by atoms with Gasteiger partial charge in [0.05, 0.1) is 0 Å². The van der Waals surface area contributed by atoms with E-state index in [0.717, 1.165) is 24.4 Å². The summed E-state index contributed by atoms with van der Waals surface area (Å²) in [5, 5.41) is 3.32. The highest BCUT2D eigenvalue weighted by Gasteiger charge is 2.25. The molecule has 1 aromatic carbocycles. The summed E-state index contributed by atoms with van der Waals surface area (Å²) in [6.07, 6.45) is 3.80. The van der Waals surface area contributed by atoms with E-state index in [1.165, 1.54) is 25.5 Å². The summed E-state index contributed by atoms with van der Waals surface area (Å²) in [7, 11) is 1.95. The lowest BCUT2D eigenvalue weighted by molar-refractivity contribution is 0.202. The van der Waals surface area contributed by atoms with Gasteiger partial charge in [-0.1, -0.05) is 12.1 Å². The Balaban J connectivity index is 1.91. The van der Waals surface area contributed by atoms with Crippen LogP contribution in [0, 0.1) is 11.7 Å². The van der Waals surface area contributed by atoms with E-state index in [1.54, 1.807) is 12.1 Å². The second kappa shape index (κ2) is 7.19. The molecular formula is C17H27FN2. The van der Waals surface area contributed by atoms with Gasteiger partial charge in [-0.3, -0.25) is 0 Å². The Morgan fingerprint density at radius 2 is 2.10 bits per heavy atom. The summed E-state index contributed by atoms with van der Waals surface area (Å²) in [5.74, 6) is 0.765. The smallest absolute Gasteiger partial charge is 0.123 e. The summed E-state index contributed by atoms with van der Waals surface area (Å²) >= 11 is 0. The normalized spacial score (nSPS) is 16.9. The molecule has 2 rings (SSSR count). The summed E-state index contributed by atoms with van der Waals surface area (Å²) in [6.45, 7) is 6.81. The number of hydrogen-bond donors (Lipinski definition) is 1. The van der Waals surface area contributed by atoms with Crippen molar-refractivity contribution in [2.24, 2.45) is 5.92 Å². The Hall–Kier alpha value is -0.930. The largest absolute Gasteiger partial charge is 0.313 e. The van der Waals surface area contributed by atoms with Crippen LogP contribution in [0.3, 0.4) is 0 Å². The molecule has 1 aliphatic rings. The van der Waals surface area contributed by atoms with Gasteiger partial charge in [-0.15, -0.1) is 0 Å². The zero-order chi connectivity index (χ0) is 14.5. The lowest BCUT2D eigenvalue weighted by Gasteiger charge is -2.28. The first-order chi connectivity index (χ1) is 9.60. The molecule has 1 aromatic rings. The van der Waals surface area contributed by atoms with Crippen LogP contribution in [0.15, 0.2) is 24.3 Å². The van der Waals surface area contributed by atoms with Crippen LogP contribution in [0.5, 0.6) is 0 Å². The third-order valence-corrected chi connectivity index (χ3v) is 4.22. The van der Waals surface area contributed by atoms with Gasteiger partial charge in [0.1, 0.15) is 5.82 Å². The fourth-order valence-electron chi connectivity index (χ4n) is 2.69. The molecule has 1 saturated carbocycles. The molecule has 1 atom stereocenters. The predicted octanol–water partition coefficient (Wildman–Crippen LogP) is 3.60. The first-order valence-electron chi connectivity index (χ1n) is 7.77. The van der Waals surface area contributed by atoms with Gasteiger partial charge < -0.3 is 10.2 Å². The molecule has 2 nitrogen and oxygen atoms in total. The average molecular weight is 278 g/mol. The molecule has 0 amide bonds. The Morgan fingerprint density at radius 1 is 1.35 bits per heavy atom. The monoisotopic (exact) mass is 278 g/mol. The molecule has 0 radical (unpaired) electrons. The van der Waals surface area contributed by atoms with Gasteiger partial charge in [-0.2, -0.15) is 0 Å². The molecule has 0 aliphatic heterocycles. The minimum atomic E-state index is -0.151. The second-order valence-corrected chi connectivity index (χ2v) is 6.22. The summed E-state index contributed by atoms with van der Waals surface area (Å²) in [4.78, 5) is 2.56.